The number of methoxy groups -OCH3 is 1. The largest absolute Gasteiger partial charge is 0.399 e. The van der Waals surface area contributed by atoms with Crippen molar-refractivity contribution in [2.75, 3.05) is 44.5 Å². The van der Waals surface area contributed by atoms with Gasteiger partial charge in [-0.05, 0) is 30.7 Å². The van der Waals surface area contributed by atoms with Crippen molar-refractivity contribution < 1.29 is 9.53 Å². The summed E-state index contributed by atoms with van der Waals surface area (Å²) in [5.74, 6) is 0.00503. The number of carbonyl (C=O) groups is 1. The lowest BCUT2D eigenvalue weighted by atomic mass is 10.2. The summed E-state index contributed by atoms with van der Waals surface area (Å²) >= 11 is 0. The fourth-order valence-electron chi connectivity index (χ4n) is 1.54. The number of ether oxygens (including phenoxy) is 1. The molecule has 1 aromatic carbocycles. The van der Waals surface area contributed by atoms with Gasteiger partial charge < -0.3 is 20.7 Å². The molecule has 18 heavy (non-hydrogen) atoms. The lowest BCUT2D eigenvalue weighted by Gasteiger charge is -2.18. The highest BCUT2D eigenvalue weighted by atomic mass is 16.5. The van der Waals surface area contributed by atoms with E-state index in [1.807, 2.05) is 36.2 Å². The fraction of sp³-hybridized carbons (Fsp3) is 0.462. The standard InChI is InChI=1S/C13H21N3O2/c1-16(12-6-4-11(14)5-7-12)10-13(17)15-8-3-9-18-2/h4-7H,3,8-10,14H2,1-2H3,(H,15,17). The maximum atomic E-state index is 11.6. The van der Waals surface area contributed by atoms with E-state index >= 15 is 0 Å². The summed E-state index contributed by atoms with van der Waals surface area (Å²) in [6.45, 7) is 1.63. The monoisotopic (exact) mass is 251 g/mol. The van der Waals surface area contributed by atoms with Gasteiger partial charge in [0.1, 0.15) is 0 Å². The van der Waals surface area contributed by atoms with Crippen LogP contribution in [0, 0.1) is 0 Å². The van der Waals surface area contributed by atoms with Gasteiger partial charge in [-0.15, -0.1) is 0 Å². The van der Waals surface area contributed by atoms with E-state index in [9.17, 15) is 4.79 Å². The van der Waals surface area contributed by atoms with Gasteiger partial charge in [0.05, 0.1) is 6.54 Å². The van der Waals surface area contributed by atoms with Crippen molar-refractivity contribution in [3.8, 4) is 0 Å². The van der Waals surface area contributed by atoms with Crippen molar-refractivity contribution in [1.82, 2.24) is 5.32 Å². The molecule has 0 aliphatic heterocycles. The fourth-order valence-corrected chi connectivity index (χ4v) is 1.54. The molecule has 0 bridgehead atoms. The van der Waals surface area contributed by atoms with E-state index in [-0.39, 0.29) is 5.91 Å². The quantitative estimate of drug-likeness (QED) is 0.557. The molecule has 1 aromatic rings. The number of carbonyl (C=O) groups excluding carboxylic acids is 1. The van der Waals surface area contributed by atoms with Crippen LogP contribution in [0.4, 0.5) is 11.4 Å². The van der Waals surface area contributed by atoms with Crippen LogP contribution in [0.2, 0.25) is 0 Å². The minimum Gasteiger partial charge on any atom is -0.399 e. The van der Waals surface area contributed by atoms with Gasteiger partial charge in [0, 0.05) is 38.7 Å². The van der Waals surface area contributed by atoms with Gasteiger partial charge in [0.15, 0.2) is 0 Å². The summed E-state index contributed by atoms with van der Waals surface area (Å²) in [5.41, 5.74) is 7.30. The highest BCUT2D eigenvalue weighted by Gasteiger charge is 2.06. The van der Waals surface area contributed by atoms with Crippen LogP contribution in [0.1, 0.15) is 6.42 Å². The van der Waals surface area contributed by atoms with Crippen LogP contribution in [0.5, 0.6) is 0 Å². The topological polar surface area (TPSA) is 67.6 Å². The van der Waals surface area contributed by atoms with Gasteiger partial charge in [-0.25, -0.2) is 0 Å². The molecule has 0 heterocycles. The number of likely N-dealkylation sites (N-methyl/N-ethyl adjacent to an activating group) is 1. The number of nitrogen functional groups attached to an aromatic ring is 1. The van der Waals surface area contributed by atoms with E-state index in [0.29, 0.717) is 19.7 Å². The molecule has 3 N–H and O–H groups in total. The molecule has 5 nitrogen and oxygen atoms in total. The highest BCUT2D eigenvalue weighted by Crippen LogP contribution is 2.14. The van der Waals surface area contributed by atoms with E-state index in [0.717, 1.165) is 17.8 Å². The summed E-state index contributed by atoms with van der Waals surface area (Å²) < 4.78 is 4.91. The van der Waals surface area contributed by atoms with E-state index < -0.39 is 0 Å². The lowest BCUT2D eigenvalue weighted by Crippen LogP contribution is -2.35. The van der Waals surface area contributed by atoms with E-state index in [2.05, 4.69) is 5.32 Å². The molecular formula is C13H21N3O2. The first kappa shape index (κ1) is 14.3. The molecule has 0 unspecified atom stereocenters. The molecule has 0 saturated heterocycles. The second-order valence-electron chi connectivity index (χ2n) is 4.14. The zero-order valence-electron chi connectivity index (χ0n) is 11.0. The summed E-state index contributed by atoms with van der Waals surface area (Å²) in [6.07, 6.45) is 0.827. The Kier molecular flexibility index (Phi) is 6.00. The molecule has 5 heteroatoms. The van der Waals surface area contributed by atoms with Gasteiger partial charge in [-0.3, -0.25) is 4.79 Å². The zero-order valence-corrected chi connectivity index (χ0v) is 11.0. The third-order valence-electron chi connectivity index (χ3n) is 2.56. The number of nitrogens with two attached hydrogens (primary N) is 1. The Bertz CT molecular complexity index is 365. The average molecular weight is 251 g/mol. The van der Waals surface area contributed by atoms with Gasteiger partial charge in [0.2, 0.25) is 5.91 Å². The zero-order chi connectivity index (χ0) is 13.4. The molecule has 0 aliphatic rings. The lowest BCUT2D eigenvalue weighted by molar-refractivity contribution is -0.119. The number of hydrogen-bond acceptors (Lipinski definition) is 4. The van der Waals surface area contributed by atoms with Gasteiger partial charge in [0.25, 0.3) is 0 Å². The molecule has 0 aromatic heterocycles. The Morgan fingerprint density at radius 3 is 2.67 bits per heavy atom. The maximum Gasteiger partial charge on any atom is 0.239 e. The first-order valence-corrected chi connectivity index (χ1v) is 5.96. The van der Waals surface area contributed by atoms with Crippen molar-refractivity contribution in [2.45, 2.75) is 6.42 Å². The van der Waals surface area contributed by atoms with Crippen molar-refractivity contribution in [3.63, 3.8) is 0 Å². The Balaban J connectivity index is 2.33. The van der Waals surface area contributed by atoms with Crippen LogP contribution in [0.25, 0.3) is 0 Å². The Hall–Kier alpha value is -1.75. The number of anilines is 2. The molecule has 1 amide bonds. The minimum atomic E-state index is 0.00503. The summed E-state index contributed by atoms with van der Waals surface area (Å²) in [4.78, 5) is 13.5. The maximum absolute atomic E-state index is 11.6. The molecule has 0 atom stereocenters. The van der Waals surface area contributed by atoms with Crippen molar-refractivity contribution in [1.29, 1.82) is 0 Å². The van der Waals surface area contributed by atoms with Crippen LogP contribution in [-0.4, -0.2) is 39.8 Å². The number of nitrogens with zero attached hydrogens (tertiary/aromatic N) is 1. The van der Waals surface area contributed by atoms with Gasteiger partial charge >= 0.3 is 0 Å². The van der Waals surface area contributed by atoms with E-state index in [1.54, 1.807) is 7.11 Å². The van der Waals surface area contributed by atoms with Crippen LogP contribution < -0.4 is 16.0 Å². The molecule has 0 fully saturated rings. The number of rotatable bonds is 7. The summed E-state index contributed by atoms with van der Waals surface area (Å²) in [6, 6.07) is 7.44. The van der Waals surface area contributed by atoms with Gasteiger partial charge in [-0.1, -0.05) is 0 Å². The third-order valence-corrected chi connectivity index (χ3v) is 2.56. The van der Waals surface area contributed by atoms with Gasteiger partial charge in [-0.2, -0.15) is 0 Å². The number of amides is 1. The number of nitrogens with one attached hydrogen (secondary N) is 1. The second kappa shape index (κ2) is 7.55. The van der Waals surface area contributed by atoms with Crippen LogP contribution >= 0.6 is 0 Å². The van der Waals surface area contributed by atoms with Crippen molar-refractivity contribution in [2.24, 2.45) is 0 Å². The first-order chi connectivity index (χ1) is 8.63. The SMILES string of the molecule is COCCCNC(=O)CN(C)c1ccc(N)cc1. The van der Waals surface area contributed by atoms with Crippen molar-refractivity contribution >= 4 is 17.3 Å². The van der Waals surface area contributed by atoms with Crippen LogP contribution in [0.3, 0.4) is 0 Å². The Morgan fingerprint density at radius 1 is 1.39 bits per heavy atom. The molecule has 100 valence electrons. The molecule has 0 aliphatic carbocycles. The number of hydrogen-bond donors (Lipinski definition) is 2. The minimum absolute atomic E-state index is 0.00503. The molecule has 0 saturated carbocycles. The average Bonchev–Trinajstić information content (AvgIpc) is 2.35. The van der Waals surface area contributed by atoms with Crippen LogP contribution in [-0.2, 0) is 9.53 Å². The van der Waals surface area contributed by atoms with Crippen molar-refractivity contribution in [3.05, 3.63) is 24.3 Å². The molecular weight excluding hydrogens is 230 g/mol. The summed E-state index contributed by atoms with van der Waals surface area (Å²) in [5, 5.41) is 2.84. The Morgan fingerprint density at radius 2 is 2.06 bits per heavy atom. The normalized spacial score (nSPS) is 10.1. The van der Waals surface area contributed by atoms with E-state index in [1.165, 1.54) is 0 Å². The van der Waals surface area contributed by atoms with Crippen LogP contribution in [0.15, 0.2) is 24.3 Å². The first-order valence-electron chi connectivity index (χ1n) is 5.96. The highest BCUT2D eigenvalue weighted by molar-refractivity contribution is 5.81. The number of benzene rings is 1. The third kappa shape index (κ3) is 5.05. The molecule has 0 radical (unpaired) electrons. The molecule has 0 spiro atoms. The Labute approximate surface area is 108 Å². The smallest absolute Gasteiger partial charge is 0.239 e. The summed E-state index contributed by atoms with van der Waals surface area (Å²) in [7, 11) is 3.52. The second-order valence-corrected chi connectivity index (χ2v) is 4.14. The molecule has 1 rings (SSSR count). The van der Waals surface area contributed by atoms with E-state index in [4.69, 9.17) is 10.5 Å². The predicted octanol–water partition coefficient (Wildman–Crippen LogP) is 0.858. The predicted molar refractivity (Wildman–Crippen MR) is 73.6 cm³/mol.